The molecule has 1 rings (SSSR count). The van der Waals surface area contributed by atoms with Crippen molar-refractivity contribution < 1.29 is 4.74 Å². The van der Waals surface area contributed by atoms with Crippen LogP contribution in [0, 0.1) is 17.8 Å². The van der Waals surface area contributed by atoms with Crippen molar-refractivity contribution in [1.82, 2.24) is 5.32 Å². The summed E-state index contributed by atoms with van der Waals surface area (Å²) in [5, 5.41) is 3.71. The number of rotatable bonds is 9. The van der Waals surface area contributed by atoms with E-state index in [9.17, 15) is 0 Å². The minimum absolute atomic E-state index is 0.440. The van der Waals surface area contributed by atoms with Gasteiger partial charge in [-0.1, -0.05) is 34.6 Å². The highest BCUT2D eigenvalue weighted by atomic mass is 16.5. The highest BCUT2D eigenvalue weighted by Crippen LogP contribution is 2.32. The molecule has 0 amide bonds. The summed E-state index contributed by atoms with van der Waals surface area (Å²) in [5.41, 5.74) is 0. The molecule has 20 heavy (non-hydrogen) atoms. The largest absolute Gasteiger partial charge is 0.377 e. The van der Waals surface area contributed by atoms with Gasteiger partial charge in [-0.05, 0) is 62.8 Å². The molecule has 0 bridgehead atoms. The van der Waals surface area contributed by atoms with Gasteiger partial charge in [-0.15, -0.1) is 0 Å². The SMILES string of the molecule is CCCNC1CCC(C(C)C)CC1OCCCC(C)C. The summed E-state index contributed by atoms with van der Waals surface area (Å²) < 4.78 is 6.26. The van der Waals surface area contributed by atoms with Gasteiger partial charge < -0.3 is 10.1 Å². The van der Waals surface area contributed by atoms with E-state index in [0.29, 0.717) is 12.1 Å². The van der Waals surface area contributed by atoms with Crippen LogP contribution < -0.4 is 5.32 Å². The third-order valence-corrected chi connectivity index (χ3v) is 4.69. The summed E-state index contributed by atoms with van der Waals surface area (Å²) in [7, 11) is 0. The Bertz CT molecular complexity index is 240. The second-order valence-corrected chi connectivity index (χ2v) is 7.32. The van der Waals surface area contributed by atoms with E-state index in [4.69, 9.17) is 4.74 Å². The lowest BCUT2D eigenvalue weighted by atomic mass is 9.78. The van der Waals surface area contributed by atoms with E-state index in [2.05, 4.69) is 39.9 Å². The number of hydrogen-bond acceptors (Lipinski definition) is 2. The maximum atomic E-state index is 6.26. The maximum Gasteiger partial charge on any atom is 0.0730 e. The fraction of sp³-hybridized carbons (Fsp3) is 1.00. The molecule has 1 saturated carbocycles. The van der Waals surface area contributed by atoms with Crippen LogP contribution in [0.4, 0.5) is 0 Å². The smallest absolute Gasteiger partial charge is 0.0730 e. The Morgan fingerprint density at radius 2 is 1.90 bits per heavy atom. The minimum Gasteiger partial charge on any atom is -0.377 e. The van der Waals surface area contributed by atoms with Gasteiger partial charge in [0.15, 0.2) is 0 Å². The van der Waals surface area contributed by atoms with Crippen LogP contribution in [0.1, 0.15) is 73.1 Å². The van der Waals surface area contributed by atoms with Crippen LogP contribution in [0.2, 0.25) is 0 Å². The quantitative estimate of drug-likeness (QED) is 0.623. The Morgan fingerprint density at radius 3 is 2.50 bits per heavy atom. The second kappa shape index (κ2) is 9.78. The van der Waals surface area contributed by atoms with Crippen LogP contribution >= 0.6 is 0 Å². The van der Waals surface area contributed by atoms with Gasteiger partial charge in [-0.25, -0.2) is 0 Å². The summed E-state index contributed by atoms with van der Waals surface area (Å²) in [5.74, 6) is 2.44. The van der Waals surface area contributed by atoms with Crippen LogP contribution in [0.3, 0.4) is 0 Å². The first kappa shape index (κ1) is 18.0. The normalized spacial score (nSPS) is 27.4. The molecule has 0 aliphatic heterocycles. The average molecular weight is 283 g/mol. The Kier molecular flexibility index (Phi) is 8.79. The summed E-state index contributed by atoms with van der Waals surface area (Å²) in [6.07, 6.45) is 8.05. The van der Waals surface area contributed by atoms with E-state index in [1.165, 1.54) is 38.5 Å². The zero-order chi connectivity index (χ0) is 15.0. The molecule has 0 radical (unpaired) electrons. The van der Waals surface area contributed by atoms with Gasteiger partial charge in [0.25, 0.3) is 0 Å². The first-order valence-corrected chi connectivity index (χ1v) is 8.89. The predicted octanol–water partition coefficient (Wildman–Crippen LogP) is 4.63. The fourth-order valence-corrected chi connectivity index (χ4v) is 3.24. The molecule has 1 aliphatic rings. The van der Waals surface area contributed by atoms with E-state index in [1.807, 2.05) is 0 Å². The molecule has 1 aliphatic carbocycles. The molecular formula is C18H37NO. The summed E-state index contributed by atoms with van der Waals surface area (Å²) in [6, 6.07) is 0.587. The zero-order valence-electron chi connectivity index (χ0n) is 14.5. The van der Waals surface area contributed by atoms with Crippen LogP contribution in [0.15, 0.2) is 0 Å². The van der Waals surface area contributed by atoms with E-state index in [1.54, 1.807) is 0 Å². The molecule has 0 spiro atoms. The van der Waals surface area contributed by atoms with Crippen molar-refractivity contribution in [3.8, 4) is 0 Å². The molecule has 120 valence electrons. The first-order chi connectivity index (χ1) is 9.54. The van der Waals surface area contributed by atoms with Gasteiger partial charge in [0.2, 0.25) is 0 Å². The van der Waals surface area contributed by atoms with Gasteiger partial charge in [-0.3, -0.25) is 0 Å². The van der Waals surface area contributed by atoms with Gasteiger partial charge in [0, 0.05) is 12.6 Å². The van der Waals surface area contributed by atoms with E-state index in [-0.39, 0.29) is 0 Å². The molecule has 1 fully saturated rings. The van der Waals surface area contributed by atoms with Crippen molar-refractivity contribution in [2.75, 3.05) is 13.2 Å². The second-order valence-electron chi connectivity index (χ2n) is 7.32. The maximum absolute atomic E-state index is 6.26. The van der Waals surface area contributed by atoms with Gasteiger partial charge >= 0.3 is 0 Å². The van der Waals surface area contributed by atoms with Gasteiger partial charge in [0.05, 0.1) is 6.10 Å². The van der Waals surface area contributed by atoms with Crippen LogP contribution in [0.5, 0.6) is 0 Å². The molecule has 0 aromatic rings. The lowest BCUT2D eigenvalue weighted by Gasteiger charge is -2.38. The summed E-state index contributed by atoms with van der Waals surface area (Å²) >= 11 is 0. The number of ether oxygens (including phenoxy) is 1. The lowest BCUT2D eigenvalue weighted by Crippen LogP contribution is -2.46. The Hall–Kier alpha value is -0.0800. The van der Waals surface area contributed by atoms with Crippen molar-refractivity contribution in [1.29, 1.82) is 0 Å². The predicted molar refractivity (Wildman–Crippen MR) is 88.1 cm³/mol. The molecule has 0 aromatic heterocycles. The Balaban J connectivity index is 2.40. The van der Waals surface area contributed by atoms with Gasteiger partial charge in [0.1, 0.15) is 0 Å². The van der Waals surface area contributed by atoms with Crippen molar-refractivity contribution in [2.45, 2.75) is 85.3 Å². The summed E-state index contributed by atoms with van der Waals surface area (Å²) in [4.78, 5) is 0. The number of nitrogens with one attached hydrogen (secondary N) is 1. The molecule has 0 heterocycles. The molecule has 3 atom stereocenters. The molecule has 2 heteroatoms. The monoisotopic (exact) mass is 283 g/mol. The summed E-state index contributed by atoms with van der Waals surface area (Å²) in [6.45, 7) is 13.6. The minimum atomic E-state index is 0.440. The fourth-order valence-electron chi connectivity index (χ4n) is 3.24. The highest BCUT2D eigenvalue weighted by molar-refractivity contribution is 4.86. The van der Waals surface area contributed by atoms with Crippen LogP contribution in [0.25, 0.3) is 0 Å². The van der Waals surface area contributed by atoms with E-state index in [0.717, 1.165) is 30.9 Å². The van der Waals surface area contributed by atoms with Crippen molar-refractivity contribution in [3.05, 3.63) is 0 Å². The standard InChI is InChI=1S/C18H37NO/c1-6-11-19-17-10-9-16(15(4)5)13-18(17)20-12-7-8-14(2)3/h14-19H,6-13H2,1-5H3. The van der Waals surface area contributed by atoms with Crippen molar-refractivity contribution in [2.24, 2.45) is 17.8 Å². The Morgan fingerprint density at radius 1 is 1.15 bits per heavy atom. The molecule has 1 N–H and O–H groups in total. The van der Waals surface area contributed by atoms with Crippen LogP contribution in [-0.2, 0) is 4.74 Å². The zero-order valence-corrected chi connectivity index (χ0v) is 14.5. The lowest BCUT2D eigenvalue weighted by molar-refractivity contribution is -0.0185. The Labute approximate surface area is 127 Å². The molecule has 3 unspecified atom stereocenters. The topological polar surface area (TPSA) is 21.3 Å². The highest BCUT2D eigenvalue weighted by Gasteiger charge is 2.31. The van der Waals surface area contributed by atoms with Crippen molar-refractivity contribution >= 4 is 0 Å². The van der Waals surface area contributed by atoms with Gasteiger partial charge in [-0.2, -0.15) is 0 Å². The van der Waals surface area contributed by atoms with E-state index < -0.39 is 0 Å². The first-order valence-electron chi connectivity index (χ1n) is 8.89. The average Bonchev–Trinajstić information content (AvgIpc) is 2.41. The third-order valence-electron chi connectivity index (χ3n) is 4.69. The third kappa shape index (κ3) is 6.58. The number of hydrogen-bond donors (Lipinski definition) is 1. The van der Waals surface area contributed by atoms with Crippen molar-refractivity contribution in [3.63, 3.8) is 0 Å². The molecule has 2 nitrogen and oxygen atoms in total. The van der Waals surface area contributed by atoms with Crippen LogP contribution in [-0.4, -0.2) is 25.3 Å². The molecule has 0 saturated heterocycles. The molecule has 0 aromatic carbocycles. The van der Waals surface area contributed by atoms with E-state index >= 15 is 0 Å². The molecular weight excluding hydrogens is 246 g/mol.